The van der Waals surface area contributed by atoms with Gasteiger partial charge < -0.3 is 0 Å². The van der Waals surface area contributed by atoms with Crippen molar-refractivity contribution in [1.82, 2.24) is 4.98 Å². The summed E-state index contributed by atoms with van der Waals surface area (Å²) in [6.45, 7) is 4.37. The van der Waals surface area contributed by atoms with Gasteiger partial charge in [0.1, 0.15) is 0 Å². The highest BCUT2D eigenvalue weighted by Gasteiger charge is 2.19. The molecule has 0 fully saturated rings. The number of pyridine rings is 1. The Morgan fingerprint density at radius 1 is 1.55 bits per heavy atom. The van der Waals surface area contributed by atoms with E-state index in [1.54, 1.807) is 0 Å². The van der Waals surface area contributed by atoms with Gasteiger partial charge in [0.15, 0.2) is 0 Å². The minimum Gasteiger partial charge on any atom is -0.260 e. The van der Waals surface area contributed by atoms with Crippen LogP contribution in [0.1, 0.15) is 36.1 Å². The van der Waals surface area contributed by atoms with Gasteiger partial charge in [0.05, 0.1) is 0 Å². The third-order valence-corrected chi connectivity index (χ3v) is 2.45. The maximum Gasteiger partial charge on any atom is 0.0463 e. The van der Waals surface area contributed by atoms with Gasteiger partial charge in [-0.2, -0.15) is 0 Å². The van der Waals surface area contributed by atoms with Crippen LogP contribution in [0.4, 0.5) is 0 Å². The van der Waals surface area contributed by atoms with Gasteiger partial charge in [0, 0.05) is 11.9 Å². The Bertz CT molecular complexity index is 278. The average Bonchev–Trinajstić information content (AvgIpc) is 2.32. The number of nitrogens with zero attached hydrogens (tertiary/aromatic N) is 1. The first kappa shape index (κ1) is 6.84. The number of aryl methyl sites for hydroxylation is 2. The van der Waals surface area contributed by atoms with Crippen molar-refractivity contribution in [1.29, 1.82) is 0 Å². The van der Waals surface area contributed by atoms with Crippen LogP contribution in [0.5, 0.6) is 0 Å². The third kappa shape index (κ3) is 1.05. The molecule has 0 N–H and O–H groups in total. The molecule has 0 amide bonds. The summed E-state index contributed by atoms with van der Waals surface area (Å²) >= 11 is 0. The van der Waals surface area contributed by atoms with Crippen molar-refractivity contribution < 1.29 is 0 Å². The fourth-order valence-corrected chi connectivity index (χ4v) is 1.79. The predicted molar refractivity (Wildman–Crippen MR) is 45.7 cm³/mol. The second kappa shape index (κ2) is 2.33. The van der Waals surface area contributed by atoms with E-state index < -0.39 is 0 Å². The van der Waals surface area contributed by atoms with E-state index in [1.807, 2.05) is 6.20 Å². The Hall–Kier alpha value is -0.850. The molecule has 0 spiro atoms. The lowest BCUT2D eigenvalue weighted by molar-refractivity contribution is 0.731. The zero-order valence-electron chi connectivity index (χ0n) is 7.09. The van der Waals surface area contributed by atoms with Gasteiger partial charge >= 0.3 is 0 Å². The van der Waals surface area contributed by atoms with Crippen LogP contribution in [0, 0.1) is 6.92 Å². The molecule has 1 atom stereocenters. The average molecular weight is 147 g/mol. The van der Waals surface area contributed by atoms with E-state index in [4.69, 9.17) is 0 Å². The smallest absolute Gasteiger partial charge is 0.0463 e. The summed E-state index contributed by atoms with van der Waals surface area (Å²) < 4.78 is 0. The minimum atomic E-state index is 0.686. The van der Waals surface area contributed by atoms with E-state index >= 15 is 0 Å². The highest BCUT2D eigenvalue weighted by molar-refractivity contribution is 5.30. The first-order valence-electron chi connectivity index (χ1n) is 4.23. The van der Waals surface area contributed by atoms with Crippen molar-refractivity contribution in [2.45, 2.75) is 32.6 Å². The van der Waals surface area contributed by atoms with Gasteiger partial charge in [0.2, 0.25) is 0 Å². The zero-order chi connectivity index (χ0) is 7.84. The highest BCUT2D eigenvalue weighted by Crippen LogP contribution is 2.30. The fraction of sp³-hybridized carbons (Fsp3) is 0.500. The molecule has 1 heterocycles. The normalized spacial score (nSPS) is 21.8. The van der Waals surface area contributed by atoms with Crippen LogP contribution in [0.2, 0.25) is 0 Å². The molecule has 0 aromatic carbocycles. The molecule has 0 aliphatic heterocycles. The second-order valence-electron chi connectivity index (χ2n) is 3.50. The van der Waals surface area contributed by atoms with Crippen LogP contribution in [0.25, 0.3) is 0 Å². The summed E-state index contributed by atoms with van der Waals surface area (Å²) in [6.07, 6.45) is 4.48. The SMILES string of the molecule is Cc1cnc2c(c1)CC[C@H]2C. The zero-order valence-corrected chi connectivity index (χ0v) is 7.09. The van der Waals surface area contributed by atoms with Crippen molar-refractivity contribution in [3.8, 4) is 0 Å². The Balaban J connectivity index is 2.50. The van der Waals surface area contributed by atoms with E-state index in [0.29, 0.717) is 5.92 Å². The van der Waals surface area contributed by atoms with Gasteiger partial charge in [-0.05, 0) is 36.8 Å². The summed E-state index contributed by atoms with van der Waals surface area (Å²) in [5.74, 6) is 0.686. The summed E-state index contributed by atoms with van der Waals surface area (Å²) in [6, 6.07) is 2.27. The Morgan fingerprint density at radius 2 is 2.36 bits per heavy atom. The van der Waals surface area contributed by atoms with Crippen LogP contribution in [-0.4, -0.2) is 4.98 Å². The molecule has 0 saturated carbocycles. The molecule has 11 heavy (non-hydrogen) atoms. The summed E-state index contributed by atoms with van der Waals surface area (Å²) in [4.78, 5) is 4.44. The Morgan fingerprint density at radius 3 is 3.18 bits per heavy atom. The lowest BCUT2D eigenvalue weighted by atomic mass is 10.1. The molecule has 2 rings (SSSR count). The largest absolute Gasteiger partial charge is 0.260 e. The van der Waals surface area contributed by atoms with Crippen LogP contribution < -0.4 is 0 Å². The van der Waals surface area contributed by atoms with Crippen molar-refractivity contribution in [2.24, 2.45) is 0 Å². The predicted octanol–water partition coefficient (Wildman–Crippen LogP) is 2.44. The molecule has 0 unspecified atom stereocenters. The molecule has 1 aliphatic carbocycles. The lowest BCUT2D eigenvalue weighted by Crippen LogP contribution is -1.91. The quantitative estimate of drug-likeness (QED) is 0.549. The number of aromatic nitrogens is 1. The maximum absolute atomic E-state index is 4.44. The molecule has 1 heteroatoms. The van der Waals surface area contributed by atoms with Crippen LogP contribution in [0.3, 0.4) is 0 Å². The number of fused-ring (bicyclic) bond motifs is 1. The van der Waals surface area contributed by atoms with Gasteiger partial charge in [-0.25, -0.2) is 0 Å². The number of hydrogen-bond donors (Lipinski definition) is 0. The van der Waals surface area contributed by atoms with Crippen molar-refractivity contribution in [3.63, 3.8) is 0 Å². The van der Waals surface area contributed by atoms with Crippen molar-refractivity contribution in [2.75, 3.05) is 0 Å². The van der Waals surface area contributed by atoms with Gasteiger partial charge in [-0.15, -0.1) is 0 Å². The first-order valence-corrected chi connectivity index (χ1v) is 4.23. The van der Waals surface area contributed by atoms with E-state index in [1.165, 1.54) is 29.7 Å². The van der Waals surface area contributed by atoms with Crippen LogP contribution >= 0.6 is 0 Å². The van der Waals surface area contributed by atoms with E-state index in [-0.39, 0.29) is 0 Å². The Labute approximate surface area is 67.5 Å². The van der Waals surface area contributed by atoms with E-state index in [2.05, 4.69) is 24.9 Å². The molecule has 1 aromatic rings. The van der Waals surface area contributed by atoms with Gasteiger partial charge in [-0.3, -0.25) is 4.98 Å². The van der Waals surface area contributed by atoms with Crippen molar-refractivity contribution >= 4 is 0 Å². The molecule has 0 radical (unpaired) electrons. The highest BCUT2D eigenvalue weighted by atomic mass is 14.7. The summed E-state index contributed by atoms with van der Waals surface area (Å²) in [5.41, 5.74) is 4.09. The maximum atomic E-state index is 4.44. The fourth-order valence-electron chi connectivity index (χ4n) is 1.79. The molecular weight excluding hydrogens is 134 g/mol. The molecule has 1 nitrogen and oxygen atoms in total. The molecule has 1 aromatic heterocycles. The number of hydrogen-bond acceptors (Lipinski definition) is 1. The third-order valence-electron chi connectivity index (χ3n) is 2.45. The van der Waals surface area contributed by atoms with Gasteiger partial charge in [0.25, 0.3) is 0 Å². The lowest BCUT2D eigenvalue weighted by Gasteiger charge is -2.02. The van der Waals surface area contributed by atoms with Crippen LogP contribution in [0.15, 0.2) is 12.3 Å². The number of rotatable bonds is 0. The molecular formula is C10H13N. The molecule has 0 bridgehead atoms. The van der Waals surface area contributed by atoms with Gasteiger partial charge in [-0.1, -0.05) is 13.0 Å². The van der Waals surface area contributed by atoms with E-state index in [9.17, 15) is 0 Å². The summed E-state index contributed by atoms with van der Waals surface area (Å²) in [5, 5.41) is 0. The first-order chi connectivity index (χ1) is 5.27. The minimum absolute atomic E-state index is 0.686. The van der Waals surface area contributed by atoms with Crippen molar-refractivity contribution in [3.05, 3.63) is 29.1 Å². The monoisotopic (exact) mass is 147 g/mol. The standard InChI is InChI=1S/C10H13N/c1-7-5-9-4-3-8(2)10(9)11-6-7/h5-6,8H,3-4H2,1-2H3/t8-/m1/s1. The topological polar surface area (TPSA) is 12.9 Å². The summed E-state index contributed by atoms with van der Waals surface area (Å²) in [7, 11) is 0. The van der Waals surface area contributed by atoms with Crippen LogP contribution in [-0.2, 0) is 6.42 Å². The molecule has 1 aliphatic rings. The second-order valence-corrected chi connectivity index (χ2v) is 3.50. The molecule has 58 valence electrons. The Kier molecular flexibility index (Phi) is 1.45. The van der Waals surface area contributed by atoms with E-state index in [0.717, 1.165) is 0 Å². The molecule has 0 saturated heterocycles.